The smallest absolute Gasteiger partial charge is 0.261 e. The Balaban J connectivity index is 1.15. The quantitative estimate of drug-likeness (QED) is 0.156. The molecule has 3 aromatic carbocycles. The summed E-state index contributed by atoms with van der Waals surface area (Å²) in [6.07, 6.45) is 4.54. The Morgan fingerprint density at radius 1 is 0.872 bits per heavy atom. The van der Waals surface area contributed by atoms with Crippen molar-refractivity contribution in [2.45, 2.75) is 19.8 Å². The number of piperazine rings is 1. The lowest BCUT2D eigenvalue weighted by Gasteiger charge is -2.33. The summed E-state index contributed by atoms with van der Waals surface area (Å²) in [6.45, 7) is 9.24. The van der Waals surface area contributed by atoms with Crippen LogP contribution in [-0.4, -0.2) is 77.3 Å². The van der Waals surface area contributed by atoms with Crippen LogP contribution in [0.3, 0.4) is 0 Å². The van der Waals surface area contributed by atoms with Crippen molar-refractivity contribution in [1.82, 2.24) is 24.3 Å². The fourth-order valence-electron chi connectivity index (χ4n) is 5.88. The number of nitrogens with zero attached hydrogens (tertiary/aromatic N) is 5. The van der Waals surface area contributed by atoms with E-state index in [2.05, 4.69) is 26.7 Å². The molecule has 0 unspecified atom stereocenters. The van der Waals surface area contributed by atoms with Gasteiger partial charge in [0.15, 0.2) is 23.1 Å². The molecule has 0 atom stereocenters. The minimum absolute atomic E-state index is 0.0193. The fraction of sp³-hybridized carbons (Fsp3) is 0.324. The average Bonchev–Trinajstić information content (AvgIpc) is 3.10. The van der Waals surface area contributed by atoms with Gasteiger partial charge in [0.2, 0.25) is 0 Å². The van der Waals surface area contributed by atoms with E-state index in [9.17, 15) is 4.79 Å². The highest BCUT2D eigenvalue weighted by molar-refractivity contribution is 5.88. The highest BCUT2D eigenvalue weighted by Gasteiger charge is 2.17. The Morgan fingerprint density at radius 3 is 2.40 bits per heavy atom. The van der Waals surface area contributed by atoms with Crippen molar-refractivity contribution in [2.24, 2.45) is 7.05 Å². The maximum absolute atomic E-state index is 15.5. The third-order valence-corrected chi connectivity index (χ3v) is 8.71. The first-order valence-corrected chi connectivity index (χ1v) is 16.0. The monoisotopic (exact) mass is 637 g/mol. The summed E-state index contributed by atoms with van der Waals surface area (Å²) < 4.78 is 34.8. The second kappa shape index (κ2) is 14.7. The number of hydrogen-bond acceptors (Lipinski definition) is 8. The molecule has 5 aromatic rings. The minimum atomic E-state index is -0.606. The average molecular weight is 638 g/mol. The fourth-order valence-corrected chi connectivity index (χ4v) is 5.88. The molecular formula is C37H40FN5O4. The van der Waals surface area contributed by atoms with Crippen LogP contribution in [0.15, 0.2) is 83.9 Å². The van der Waals surface area contributed by atoms with Gasteiger partial charge in [-0.1, -0.05) is 43.3 Å². The van der Waals surface area contributed by atoms with Crippen molar-refractivity contribution in [1.29, 1.82) is 0 Å². The maximum atomic E-state index is 15.5. The number of hydrogen-bond donors (Lipinski definition) is 0. The summed E-state index contributed by atoms with van der Waals surface area (Å²) >= 11 is 0. The van der Waals surface area contributed by atoms with Gasteiger partial charge >= 0.3 is 0 Å². The van der Waals surface area contributed by atoms with Gasteiger partial charge in [-0.05, 0) is 48.4 Å². The number of halogens is 1. The molecule has 1 fully saturated rings. The van der Waals surface area contributed by atoms with E-state index in [4.69, 9.17) is 14.2 Å². The second-order valence-electron chi connectivity index (χ2n) is 11.7. The molecule has 0 amide bonds. The predicted molar refractivity (Wildman–Crippen MR) is 181 cm³/mol. The molecule has 0 N–H and O–H groups in total. The molecule has 9 nitrogen and oxygen atoms in total. The van der Waals surface area contributed by atoms with Crippen LogP contribution in [0, 0.1) is 5.82 Å². The lowest BCUT2D eigenvalue weighted by atomic mass is 10.1. The zero-order chi connectivity index (χ0) is 32.8. The largest absolute Gasteiger partial charge is 0.493 e. The number of ether oxygens (including phenoxy) is 3. The third-order valence-electron chi connectivity index (χ3n) is 8.71. The molecule has 0 spiro atoms. The van der Waals surface area contributed by atoms with Gasteiger partial charge in [0.25, 0.3) is 5.56 Å². The molecular weight excluding hydrogens is 597 g/mol. The molecule has 10 heteroatoms. The van der Waals surface area contributed by atoms with Crippen molar-refractivity contribution in [2.75, 3.05) is 53.0 Å². The molecule has 0 aliphatic carbocycles. The second-order valence-corrected chi connectivity index (χ2v) is 11.7. The molecule has 47 heavy (non-hydrogen) atoms. The molecule has 3 heterocycles. The molecule has 1 aliphatic rings. The summed E-state index contributed by atoms with van der Waals surface area (Å²) in [6, 6.07) is 19.6. The Hall–Kier alpha value is -4.80. The number of aromatic nitrogens is 3. The van der Waals surface area contributed by atoms with Crippen molar-refractivity contribution < 1.29 is 18.6 Å². The number of pyridine rings is 1. The predicted octanol–water partition coefficient (Wildman–Crippen LogP) is 5.93. The lowest BCUT2D eigenvalue weighted by Crippen LogP contribution is -2.46. The van der Waals surface area contributed by atoms with Crippen LogP contribution >= 0.6 is 0 Å². The molecule has 1 aliphatic heterocycles. The Labute approximate surface area is 274 Å². The van der Waals surface area contributed by atoms with Gasteiger partial charge in [0, 0.05) is 70.0 Å². The van der Waals surface area contributed by atoms with Gasteiger partial charge < -0.3 is 24.0 Å². The number of benzene rings is 3. The molecule has 2 aromatic heterocycles. The van der Waals surface area contributed by atoms with E-state index in [1.54, 1.807) is 38.6 Å². The molecule has 0 saturated carbocycles. The van der Waals surface area contributed by atoms with E-state index in [-0.39, 0.29) is 11.3 Å². The normalized spacial score (nSPS) is 14.0. The van der Waals surface area contributed by atoms with E-state index >= 15 is 4.39 Å². The first-order chi connectivity index (χ1) is 22.9. The molecule has 244 valence electrons. The molecule has 0 bridgehead atoms. The summed E-state index contributed by atoms with van der Waals surface area (Å²) in [5.41, 5.74) is 2.16. The van der Waals surface area contributed by atoms with Crippen LogP contribution < -0.4 is 19.8 Å². The summed E-state index contributed by atoms with van der Waals surface area (Å²) in [5, 5.41) is 0.654. The molecule has 1 saturated heterocycles. The van der Waals surface area contributed by atoms with E-state index in [1.165, 1.54) is 22.9 Å². The van der Waals surface area contributed by atoms with Crippen molar-refractivity contribution in [3.63, 3.8) is 0 Å². The van der Waals surface area contributed by atoms with Crippen LogP contribution in [0.25, 0.3) is 22.0 Å². The zero-order valence-corrected chi connectivity index (χ0v) is 27.1. The van der Waals surface area contributed by atoms with E-state index in [0.717, 1.165) is 51.3 Å². The van der Waals surface area contributed by atoms with Gasteiger partial charge in [-0.2, -0.15) is 0 Å². The van der Waals surface area contributed by atoms with Gasteiger partial charge in [-0.25, -0.2) is 9.37 Å². The van der Waals surface area contributed by atoms with Crippen molar-refractivity contribution in [3.8, 4) is 34.1 Å². The summed E-state index contributed by atoms with van der Waals surface area (Å²) in [4.78, 5) is 27.2. The van der Waals surface area contributed by atoms with Gasteiger partial charge in [0.1, 0.15) is 11.6 Å². The molecule has 0 radical (unpaired) electrons. The minimum Gasteiger partial charge on any atom is -0.493 e. The Kier molecular flexibility index (Phi) is 10.1. The first kappa shape index (κ1) is 32.2. The van der Waals surface area contributed by atoms with E-state index in [1.807, 2.05) is 36.4 Å². The van der Waals surface area contributed by atoms with Crippen LogP contribution in [-0.2, 0) is 13.5 Å². The Morgan fingerprint density at radius 2 is 1.66 bits per heavy atom. The maximum Gasteiger partial charge on any atom is 0.261 e. The summed E-state index contributed by atoms with van der Waals surface area (Å²) in [7, 11) is 3.27. The van der Waals surface area contributed by atoms with Crippen LogP contribution in [0.5, 0.6) is 23.0 Å². The number of fused-ring (bicyclic) bond motifs is 1. The zero-order valence-electron chi connectivity index (χ0n) is 27.1. The number of likely N-dealkylation sites (N-methyl/N-ethyl adjacent to an activating group) is 1. The Bertz CT molecular complexity index is 1890. The highest BCUT2D eigenvalue weighted by Crippen LogP contribution is 2.38. The van der Waals surface area contributed by atoms with E-state index in [0.29, 0.717) is 58.1 Å². The number of methoxy groups -OCH3 is 1. The van der Waals surface area contributed by atoms with Crippen LogP contribution in [0.2, 0.25) is 0 Å². The highest BCUT2D eigenvalue weighted by atomic mass is 19.1. The van der Waals surface area contributed by atoms with Gasteiger partial charge in [0.05, 0.1) is 24.8 Å². The van der Waals surface area contributed by atoms with Crippen LogP contribution in [0.4, 0.5) is 4.39 Å². The molecule has 6 rings (SSSR count). The SMILES string of the molecule is CCN1CCN(CCCOc2cc3nccc(Oc4ccc(-c5cnc(Cc6ccccc6)n(C)c5=O)cc4F)c3cc2OC)CC1. The number of rotatable bonds is 12. The standard InChI is InChI=1S/C37H40FN5O4/c1-4-42-16-18-43(19-17-42)15-8-20-46-35-24-31-28(23-34(35)45-3)32(13-14-39-31)47-33-12-11-27(22-30(33)38)29-25-40-36(41(2)37(29)44)21-26-9-6-5-7-10-26/h5-7,9-14,22-25H,4,8,15-21H2,1-3H3. The summed E-state index contributed by atoms with van der Waals surface area (Å²) in [5.74, 6) is 1.60. The van der Waals surface area contributed by atoms with E-state index < -0.39 is 5.82 Å². The van der Waals surface area contributed by atoms with Crippen molar-refractivity contribution >= 4 is 10.9 Å². The third kappa shape index (κ3) is 7.45. The lowest BCUT2D eigenvalue weighted by molar-refractivity contribution is 0.130. The van der Waals surface area contributed by atoms with Gasteiger partial charge in [-0.3, -0.25) is 14.3 Å². The first-order valence-electron chi connectivity index (χ1n) is 16.0. The van der Waals surface area contributed by atoms with Crippen LogP contribution in [0.1, 0.15) is 24.7 Å². The topological polar surface area (TPSA) is 82.0 Å². The van der Waals surface area contributed by atoms with Crippen molar-refractivity contribution in [3.05, 3.63) is 107 Å². The van der Waals surface area contributed by atoms with Gasteiger partial charge in [-0.15, -0.1) is 0 Å².